The lowest BCUT2D eigenvalue weighted by Gasteiger charge is -2.13. The fourth-order valence-corrected chi connectivity index (χ4v) is 1.05. The molecule has 0 aromatic heterocycles. The van der Waals surface area contributed by atoms with Crippen molar-refractivity contribution in [1.82, 2.24) is 0 Å². The highest BCUT2D eigenvalue weighted by Crippen LogP contribution is 2.17. The molecule has 2 nitrogen and oxygen atoms in total. The zero-order chi connectivity index (χ0) is 6.85. The van der Waals surface area contributed by atoms with E-state index in [1.807, 2.05) is 6.92 Å². The summed E-state index contributed by atoms with van der Waals surface area (Å²) in [5.41, 5.74) is 0. The average molecular weight is 126 g/mol. The minimum Gasteiger partial charge on any atom is -0.291 e. The first kappa shape index (κ1) is 6.46. The third-order valence-corrected chi connectivity index (χ3v) is 1.71. The summed E-state index contributed by atoms with van der Waals surface area (Å²) >= 11 is 0. The molecule has 1 saturated carbocycles. The van der Waals surface area contributed by atoms with Crippen molar-refractivity contribution in [2.24, 2.45) is 5.92 Å². The summed E-state index contributed by atoms with van der Waals surface area (Å²) in [5, 5.41) is 0. The maximum absolute atomic E-state index is 10.7. The van der Waals surface area contributed by atoms with Crippen LogP contribution in [0.5, 0.6) is 0 Å². The molecule has 1 fully saturated rings. The number of hydrogen-bond acceptors (Lipinski definition) is 2. The van der Waals surface area contributed by atoms with E-state index >= 15 is 0 Å². The van der Waals surface area contributed by atoms with Gasteiger partial charge in [-0.05, 0) is 12.3 Å². The molecule has 9 heavy (non-hydrogen) atoms. The lowest BCUT2D eigenvalue weighted by molar-refractivity contribution is -0.138. The van der Waals surface area contributed by atoms with E-state index in [0.29, 0.717) is 18.8 Å². The summed E-state index contributed by atoms with van der Waals surface area (Å²) in [6.45, 7) is 2.00. The van der Waals surface area contributed by atoms with E-state index in [-0.39, 0.29) is 11.6 Å². The molecule has 2 heteroatoms. The monoisotopic (exact) mass is 126 g/mol. The van der Waals surface area contributed by atoms with Crippen LogP contribution in [-0.4, -0.2) is 11.6 Å². The van der Waals surface area contributed by atoms with E-state index < -0.39 is 0 Å². The van der Waals surface area contributed by atoms with Crippen LogP contribution in [0.3, 0.4) is 0 Å². The summed E-state index contributed by atoms with van der Waals surface area (Å²) in [5.74, 6) is 0.0806. The summed E-state index contributed by atoms with van der Waals surface area (Å²) in [6, 6.07) is 0. The summed E-state index contributed by atoms with van der Waals surface area (Å²) in [4.78, 5) is 21.2. The third-order valence-electron chi connectivity index (χ3n) is 1.71. The van der Waals surface area contributed by atoms with Crippen LogP contribution < -0.4 is 0 Å². The zero-order valence-corrected chi connectivity index (χ0v) is 5.52. The van der Waals surface area contributed by atoms with Crippen LogP contribution in [0.1, 0.15) is 26.2 Å². The second-order valence-corrected chi connectivity index (χ2v) is 2.69. The first-order valence-electron chi connectivity index (χ1n) is 3.26. The maximum Gasteiger partial charge on any atom is 0.198 e. The Hall–Kier alpha value is -0.660. The molecule has 0 bridgehead atoms. The Labute approximate surface area is 54.2 Å². The molecule has 0 radical (unpaired) electrons. The van der Waals surface area contributed by atoms with Gasteiger partial charge in [0.1, 0.15) is 0 Å². The molecule has 0 N–H and O–H groups in total. The number of Topliss-reactive ketones (excluding diaryl/α,β-unsaturated/α-hetero) is 2. The topological polar surface area (TPSA) is 34.1 Å². The van der Waals surface area contributed by atoms with Crippen LogP contribution in [0.4, 0.5) is 0 Å². The van der Waals surface area contributed by atoms with Gasteiger partial charge in [0, 0.05) is 12.8 Å². The van der Waals surface area contributed by atoms with Gasteiger partial charge in [-0.1, -0.05) is 6.92 Å². The SMILES string of the molecule is CC1CCC(=O)C(=O)C1. The van der Waals surface area contributed by atoms with Crippen molar-refractivity contribution in [2.75, 3.05) is 0 Å². The van der Waals surface area contributed by atoms with Crippen molar-refractivity contribution in [3.8, 4) is 0 Å². The molecule has 0 saturated heterocycles. The molecule has 1 rings (SSSR count). The van der Waals surface area contributed by atoms with Crippen molar-refractivity contribution in [2.45, 2.75) is 26.2 Å². The van der Waals surface area contributed by atoms with Gasteiger partial charge in [-0.2, -0.15) is 0 Å². The summed E-state index contributed by atoms with van der Waals surface area (Å²) < 4.78 is 0. The lowest BCUT2D eigenvalue weighted by atomic mass is 9.89. The number of carbonyl (C=O) groups excluding carboxylic acids is 2. The van der Waals surface area contributed by atoms with Crippen LogP contribution in [0.25, 0.3) is 0 Å². The molecule has 1 aliphatic carbocycles. The molecule has 0 amide bonds. The van der Waals surface area contributed by atoms with Crippen molar-refractivity contribution in [3.05, 3.63) is 0 Å². The highest BCUT2D eigenvalue weighted by Gasteiger charge is 2.22. The Bertz CT molecular complexity index is 149. The second kappa shape index (κ2) is 2.29. The van der Waals surface area contributed by atoms with E-state index in [1.165, 1.54) is 0 Å². The largest absolute Gasteiger partial charge is 0.291 e. The molecule has 1 atom stereocenters. The molecule has 0 heterocycles. The van der Waals surface area contributed by atoms with Crippen LogP contribution in [0.2, 0.25) is 0 Å². The molecule has 0 spiro atoms. The molecule has 0 aliphatic heterocycles. The molecular formula is C7H10O2. The number of ketones is 2. The van der Waals surface area contributed by atoms with Gasteiger partial charge < -0.3 is 0 Å². The van der Waals surface area contributed by atoms with Crippen LogP contribution >= 0.6 is 0 Å². The van der Waals surface area contributed by atoms with Gasteiger partial charge in [0.15, 0.2) is 11.6 Å². The third kappa shape index (κ3) is 1.37. The Kier molecular flexibility index (Phi) is 1.65. The van der Waals surface area contributed by atoms with Crippen molar-refractivity contribution >= 4 is 11.6 Å². The predicted octanol–water partition coefficient (Wildman–Crippen LogP) is 0.945. The zero-order valence-electron chi connectivity index (χ0n) is 5.52. The minimum absolute atomic E-state index is 0.172. The van der Waals surface area contributed by atoms with Crippen molar-refractivity contribution in [1.29, 1.82) is 0 Å². The molecule has 50 valence electrons. The standard InChI is InChI=1S/C7H10O2/c1-5-2-3-6(8)7(9)4-5/h5H,2-4H2,1H3. The van der Waals surface area contributed by atoms with E-state index in [9.17, 15) is 9.59 Å². The van der Waals surface area contributed by atoms with Gasteiger partial charge in [-0.15, -0.1) is 0 Å². The van der Waals surface area contributed by atoms with Crippen molar-refractivity contribution < 1.29 is 9.59 Å². The maximum atomic E-state index is 10.7. The number of carbonyl (C=O) groups is 2. The fourth-order valence-electron chi connectivity index (χ4n) is 1.05. The molecule has 1 unspecified atom stereocenters. The number of hydrogen-bond donors (Lipinski definition) is 0. The summed E-state index contributed by atoms with van der Waals surface area (Å²) in [6.07, 6.45) is 1.84. The molecule has 0 aromatic rings. The van der Waals surface area contributed by atoms with E-state index in [0.717, 1.165) is 6.42 Å². The number of rotatable bonds is 0. The van der Waals surface area contributed by atoms with E-state index in [4.69, 9.17) is 0 Å². The Morgan fingerprint density at radius 2 is 2.00 bits per heavy atom. The Morgan fingerprint density at radius 1 is 1.33 bits per heavy atom. The van der Waals surface area contributed by atoms with E-state index in [1.54, 1.807) is 0 Å². The minimum atomic E-state index is -0.173. The summed E-state index contributed by atoms with van der Waals surface area (Å²) in [7, 11) is 0. The second-order valence-electron chi connectivity index (χ2n) is 2.69. The van der Waals surface area contributed by atoms with Gasteiger partial charge in [-0.25, -0.2) is 0 Å². The van der Waals surface area contributed by atoms with Crippen LogP contribution in [0.15, 0.2) is 0 Å². The normalized spacial score (nSPS) is 28.8. The lowest BCUT2D eigenvalue weighted by Crippen LogP contribution is -2.22. The Morgan fingerprint density at radius 3 is 2.44 bits per heavy atom. The van der Waals surface area contributed by atoms with Gasteiger partial charge >= 0.3 is 0 Å². The quantitative estimate of drug-likeness (QED) is 0.453. The fraction of sp³-hybridized carbons (Fsp3) is 0.714. The van der Waals surface area contributed by atoms with Gasteiger partial charge in [0.05, 0.1) is 0 Å². The van der Waals surface area contributed by atoms with E-state index in [2.05, 4.69) is 0 Å². The molecule has 0 aromatic carbocycles. The van der Waals surface area contributed by atoms with Crippen LogP contribution in [0, 0.1) is 5.92 Å². The van der Waals surface area contributed by atoms with Gasteiger partial charge in [0.25, 0.3) is 0 Å². The molecular weight excluding hydrogens is 116 g/mol. The van der Waals surface area contributed by atoms with Crippen molar-refractivity contribution in [3.63, 3.8) is 0 Å². The Balaban J connectivity index is 2.54. The highest BCUT2D eigenvalue weighted by atomic mass is 16.2. The van der Waals surface area contributed by atoms with Gasteiger partial charge in [-0.3, -0.25) is 9.59 Å². The highest BCUT2D eigenvalue weighted by molar-refractivity contribution is 6.37. The first-order valence-corrected chi connectivity index (χ1v) is 3.26. The predicted molar refractivity (Wildman–Crippen MR) is 33.0 cm³/mol. The first-order chi connectivity index (χ1) is 4.20. The average Bonchev–Trinajstić information content (AvgIpc) is 1.80. The molecule has 1 aliphatic rings. The smallest absolute Gasteiger partial charge is 0.198 e. The van der Waals surface area contributed by atoms with Gasteiger partial charge in [0.2, 0.25) is 0 Å². The van der Waals surface area contributed by atoms with Crippen LogP contribution in [-0.2, 0) is 9.59 Å².